The van der Waals surface area contributed by atoms with Gasteiger partial charge in [0.15, 0.2) is 11.6 Å². The fourth-order valence-electron chi connectivity index (χ4n) is 4.45. The van der Waals surface area contributed by atoms with Crippen molar-refractivity contribution in [3.8, 4) is 17.0 Å². The summed E-state index contributed by atoms with van der Waals surface area (Å²) in [5.74, 6) is 1.56. The Hall–Kier alpha value is -2.26. The number of pyridine rings is 1. The first kappa shape index (κ1) is 20.0. The third-order valence-electron chi connectivity index (χ3n) is 5.87. The summed E-state index contributed by atoms with van der Waals surface area (Å²) in [5, 5.41) is 4.75. The fraction of sp³-hybridized carbons (Fsp3) is 0.600. The number of anilines is 1. The molecule has 2 fully saturated rings. The molecule has 3 heterocycles. The smallest absolute Gasteiger partial charge is 0.387 e. The Labute approximate surface area is 168 Å². The molecule has 158 valence electrons. The molecular weight excluding hydrogens is 380 g/mol. The van der Waals surface area contributed by atoms with E-state index in [1.54, 1.807) is 13.3 Å². The Morgan fingerprint density at radius 2 is 1.97 bits per heavy atom. The number of rotatable bonds is 8. The van der Waals surface area contributed by atoms with Gasteiger partial charge in [0.1, 0.15) is 0 Å². The zero-order chi connectivity index (χ0) is 20.7. The summed E-state index contributed by atoms with van der Waals surface area (Å²) in [6.45, 7) is 5.11. The maximum Gasteiger partial charge on any atom is 0.387 e. The number of hydrogen-bond acceptors (Lipinski definition) is 6. The highest BCUT2D eigenvalue weighted by Crippen LogP contribution is 2.58. The number of halogens is 2. The molecule has 3 atom stereocenters. The quantitative estimate of drug-likeness (QED) is 0.725. The predicted octanol–water partition coefficient (Wildman–Crippen LogP) is 3.00. The Morgan fingerprint density at radius 1 is 1.24 bits per heavy atom. The van der Waals surface area contributed by atoms with Crippen LogP contribution in [0.4, 0.5) is 14.6 Å². The second-order valence-corrected chi connectivity index (χ2v) is 8.08. The van der Waals surface area contributed by atoms with E-state index in [0.29, 0.717) is 29.0 Å². The van der Waals surface area contributed by atoms with Crippen LogP contribution in [0.5, 0.6) is 5.75 Å². The average molecular weight is 407 g/mol. The molecule has 0 radical (unpaired) electrons. The number of alkyl halides is 2. The number of likely N-dealkylation sites (tertiary alicyclic amines) is 1. The molecular formula is C20H27F2N5O2. The first-order valence-electron chi connectivity index (χ1n) is 9.90. The van der Waals surface area contributed by atoms with Crippen molar-refractivity contribution < 1.29 is 18.3 Å². The Kier molecular flexibility index (Phi) is 5.44. The normalized spacial score (nSPS) is 23.8. The Bertz CT molecular complexity index is 861. The van der Waals surface area contributed by atoms with Gasteiger partial charge in [0.2, 0.25) is 0 Å². The van der Waals surface area contributed by atoms with Crippen LogP contribution in [-0.4, -0.2) is 59.6 Å². The van der Waals surface area contributed by atoms with Gasteiger partial charge in [0.05, 0.1) is 12.3 Å². The average Bonchev–Trinajstić information content (AvgIpc) is 3.03. The van der Waals surface area contributed by atoms with Crippen molar-refractivity contribution >= 4 is 5.82 Å². The number of hydrogen-bond donors (Lipinski definition) is 1. The van der Waals surface area contributed by atoms with Gasteiger partial charge in [-0.2, -0.15) is 13.9 Å². The molecule has 29 heavy (non-hydrogen) atoms. The number of piperidine rings is 1. The molecule has 2 aromatic rings. The van der Waals surface area contributed by atoms with Crippen molar-refractivity contribution in [3.05, 3.63) is 24.0 Å². The zero-order valence-corrected chi connectivity index (χ0v) is 16.9. The van der Waals surface area contributed by atoms with Gasteiger partial charge in [-0.15, -0.1) is 0 Å². The largest absolute Gasteiger partial charge is 0.431 e. The lowest BCUT2D eigenvalue weighted by Crippen LogP contribution is -2.28. The van der Waals surface area contributed by atoms with Crippen LogP contribution in [0.15, 0.2) is 18.3 Å². The van der Waals surface area contributed by atoms with Gasteiger partial charge in [-0.25, -0.2) is 4.98 Å². The molecule has 1 saturated carbocycles. The molecule has 2 aliphatic rings. The second-order valence-electron chi connectivity index (χ2n) is 8.08. The standard InChI is InChI=1S/C20H27F2N5O2/c1-11(2)27-16(18-13-9-26(4-5-28-3)10-14(13)18)7-15(25-27)12-6-17(29-20(21)22)19(23)24-8-12/h6-8,11,13-14,18,20H,4-5,9-10H2,1-3H3,(H2,23,24)/t13-,14+,18+. The van der Waals surface area contributed by atoms with Crippen molar-refractivity contribution in [2.75, 3.05) is 39.1 Å². The van der Waals surface area contributed by atoms with E-state index in [4.69, 9.17) is 15.6 Å². The van der Waals surface area contributed by atoms with Gasteiger partial charge >= 0.3 is 6.61 Å². The van der Waals surface area contributed by atoms with E-state index in [2.05, 4.69) is 34.5 Å². The van der Waals surface area contributed by atoms with E-state index in [0.717, 1.165) is 26.2 Å². The molecule has 1 aliphatic heterocycles. The van der Waals surface area contributed by atoms with Crippen LogP contribution < -0.4 is 10.5 Å². The maximum absolute atomic E-state index is 12.6. The third kappa shape index (κ3) is 3.93. The van der Waals surface area contributed by atoms with Crippen LogP contribution in [0, 0.1) is 11.8 Å². The van der Waals surface area contributed by atoms with Crippen LogP contribution in [0.25, 0.3) is 11.3 Å². The van der Waals surface area contributed by atoms with Crippen LogP contribution >= 0.6 is 0 Å². The summed E-state index contributed by atoms with van der Waals surface area (Å²) in [6, 6.07) is 3.73. The summed E-state index contributed by atoms with van der Waals surface area (Å²) < 4.78 is 37.0. The molecule has 2 N–H and O–H groups in total. The molecule has 0 spiro atoms. The molecule has 0 aromatic carbocycles. The summed E-state index contributed by atoms with van der Waals surface area (Å²) in [6.07, 6.45) is 1.55. The monoisotopic (exact) mass is 407 g/mol. The van der Waals surface area contributed by atoms with Gasteiger partial charge in [0.25, 0.3) is 0 Å². The molecule has 1 saturated heterocycles. The highest BCUT2D eigenvalue weighted by Gasteiger charge is 2.57. The number of nitrogens with two attached hydrogens (primary N) is 1. The van der Waals surface area contributed by atoms with E-state index in [9.17, 15) is 8.78 Å². The van der Waals surface area contributed by atoms with E-state index in [1.165, 1.54) is 11.8 Å². The predicted molar refractivity (Wildman–Crippen MR) is 105 cm³/mol. The molecule has 0 unspecified atom stereocenters. The van der Waals surface area contributed by atoms with Crippen LogP contribution in [-0.2, 0) is 4.74 Å². The second kappa shape index (κ2) is 7.87. The number of aromatic nitrogens is 3. The number of ether oxygens (including phenoxy) is 2. The van der Waals surface area contributed by atoms with Crippen LogP contribution in [0.2, 0.25) is 0 Å². The summed E-state index contributed by atoms with van der Waals surface area (Å²) in [5.41, 5.74) is 8.17. The highest BCUT2D eigenvalue weighted by atomic mass is 19.3. The van der Waals surface area contributed by atoms with Gasteiger partial charge in [-0.1, -0.05) is 0 Å². The number of methoxy groups -OCH3 is 1. The van der Waals surface area contributed by atoms with Gasteiger partial charge < -0.3 is 20.1 Å². The Morgan fingerprint density at radius 3 is 2.59 bits per heavy atom. The summed E-state index contributed by atoms with van der Waals surface area (Å²) in [7, 11) is 1.73. The molecule has 9 heteroatoms. The van der Waals surface area contributed by atoms with Crippen molar-refractivity contribution in [2.24, 2.45) is 11.8 Å². The van der Waals surface area contributed by atoms with E-state index >= 15 is 0 Å². The SMILES string of the molecule is COCCN1C[C@@H]2[C@H](C1)[C@H]2c1cc(-c2cnc(N)c(OC(F)F)c2)nn1C(C)C. The van der Waals surface area contributed by atoms with Gasteiger partial charge in [0, 0.05) is 56.2 Å². The summed E-state index contributed by atoms with van der Waals surface area (Å²) >= 11 is 0. The van der Waals surface area contributed by atoms with E-state index in [-0.39, 0.29) is 17.6 Å². The first-order chi connectivity index (χ1) is 13.9. The van der Waals surface area contributed by atoms with Crippen LogP contribution in [0.1, 0.15) is 31.5 Å². The lowest BCUT2D eigenvalue weighted by atomic mass is 10.1. The molecule has 0 bridgehead atoms. The number of nitrogens with zero attached hydrogens (tertiary/aromatic N) is 4. The number of fused-ring (bicyclic) bond motifs is 1. The molecule has 1 aliphatic carbocycles. The molecule has 0 amide bonds. The van der Waals surface area contributed by atoms with Gasteiger partial charge in [-0.3, -0.25) is 4.68 Å². The van der Waals surface area contributed by atoms with Crippen molar-refractivity contribution in [2.45, 2.75) is 32.4 Å². The fourth-order valence-corrected chi connectivity index (χ4v) is 4.45. The molecule has 7 nitrogen and oxygen atoms in total. The first-order valence-corrected chi connectivity index (χ1v) is 9.90. The lowest BCUT2D eigenvalue weighted by Gasteiger charge is -2.19. The number of nitrogen functional groups attached to an aromatic ring is 1. The van der Waals surface area contributed by atoms with Crippen molar-refractivity contribution in [1.82, 2.24) is 19.7 Å². The topological polar surface area (TPSA) is 78.4 Å². The lowest BCUT2D eigenvalue weighted by molar-refractivity contribution is -0.0494. The van der Waals surface area contributed by atoms with Crippen LogP contribution in [0.3, 0.4) is 0 Å². The van der Waals surface area contributed by atoms with Gasteiger partial charge in [-0.05, 0) is 37.8 Å². The minimum Gasteiger partial charge on any atom is -0.431 e. The zero-order valence-electron chi connectivity index (χ0n) is 16.9. The highest BCUT2D eigenvalue weighted by molar-refractivity contribution is 5.64. The van der Waals surface area contributed by atoms with Crippen molar-refractivity contribution in [1.29, 1.82) is 0 Å². The van der Waals surface area contributed by atoms with E-state index < -0.39 is 6.61 Å². The minimum absolute atomic E-state index is 0.0644. The molecule has 2 aromatic heterocycles. The minimum atomic E-state index is -2.95. The van der Waals surface area contributed by atoms with E-state index in [1.807, 2.05) is 4.68 Å². The third-order valence-corrected chi connectivity index (χ3v) is 5.87. The summed E-state index contributed by atoms with van der Waals surface area (Å²) in [4.78, 5) is 6.45. The molecule has 4 rings (SSSR count). The Balaban J connectivity index is 1.56. The van der Waals surface area contributed by atoms with Crippen molar-refractivity contribution in [3.63, 3.8) is 0 Å². The maximum atomic E-state index is 12.6.